The monoisotopic (exact) mass is 501 g/mol. The van der Waals surface area contributed by atoms with Gasteiger partial charge < -0.3 is 9.47 Å². The molecule has 1 fully saturated rings. The van der Waals surface area contributed by atoms with Crippen molar-refractivity contribution < 1.29 is 0 Å². The molecule has 0 amide bonds. The Bertz CT molecular complexity index is 1560. The highest BCUT2D eigenvalue weighted by molar-refractivity contribution is 5.88. The lowest BCUT2D eigenvalue weighted by atomic mass is 9.98. The highest BCUT2D eigenvalue weighted by Crippen LogP contribution is 2.34. The lowest BCUT2D eigenvalue weighted by Gasteiger charge is -2.49. The molecule has 0 bridgehead atoms. The molecule has 10 heteroatoms. The van der Waals surface area contributed by atoms with E-state index in [1.807, 2.05) is 17.6 Å². The van der Waals surface area contributed by atoms with Gasteiger partial charge in [0.05, 0.1) is 34.9 Å². The molecule has 0 saturated carbocycles. The van der Waals surface area contributed by atoms with E-state index in [1.54, 1.807) is 28.6 Å². The third-order valence-electron chi connectivity index (χ3n) is 8.06. The highest BCUT2D eigenvalue weighted by Gasteiger charge is 2.36. The summed E-state index contributed by atoms with van der Waals surface area (Å²) in [5, 5.41) is 18.4. The first kappa shape index (κ1) is 25.0. The number of piperazine rings is 1. The first-order valence-corrected chi connectivity index (χ1v) is 13.1. The molecule has 0 aliphatic carbocycles. The molecule has 0 N–H and O–H groups in total. The normalized spacial score (nSPS) is 19.5. The van der Waals surface area contributed by atoms with Gasteiger partial charge in [0.1, 0.15) is 12.1 Å². The maximum atomic E-state index is 12.9. The molecular weight excluding hydrogens is 466 g/mol. The number of fused-ring (bicyclic) bond motifs is 2. The Morgan fingerprint density at radius 2 is 1.92 bits per heavy atom. The van der Waals surface area contributed by atoms with Gasteiger partial charge in [-0.3, -0.25) is 14.4 Å². The second-order valence-corrected chi connectivity index (χ2v) is 10.1. The summed E-state index contributed by atoms with van der Waals surface area (Å²) in [5.41, 5.74) is 6.38. The van der Waals surface area contributed by atoms with Crippen LogP contribution in [0, 0.1) is 25.2 Å². The van der Waals surface area contributed by atoms with Crippen molar-refractivity contribution >= 4 is 22.4 Å². The molecule has 0 unspecified atom stereocenters. The van der Waals surface area contributed by atoms with Crippen LogP contribution in [0.4, 0.5) is 5.69 Å². The van der Waals surface area contributed by atoms with Crippen molar-refractivity contribution in [2.45, 2.75) is 72.1 Å². The van der Waals surface area contributed by atoms with Crippen LogP contribution in [0.15, 0.2) is 29.3 Å². The fraction of sp³-hybridized carbons (Fsp3) is 0.519. The molecule has 0 aromatic carbocycles. The van der Waals surface area contributed by atoms with Gasteiger partial charge in [-0.1, -0.05) is 13.8 Å². The zero-order valence-electron chi connectivity index (χ0n) is 22.5. The average Bonchev–Trinajstić information content (AvgIpc) is 3.45. The molecule has 4 aromatic heterocycles. The number of aromatic nitrogens is 6. The van der Waals surface area contributed by atoms with E-state index in [1.165, 1.54) is 0 Å². The van der Waals surface area contributed by atoms with Crippen molar-refractivity contribution in [1.82, 2.24) is 33.8 Å². The van der Waals surface area contributed by atoms with Crippen LogP contribution in [-0.4, -0.2) is 59.0 Å². The van der Waals surface area contributed by atoms with Gasteiger partial charge in [0.25, 0.3) is 5.56 Å². The van der Waals surface area contributed by atoms with Gasteiger partial charge in [-0.2, -0.15) is 15.5 Å². The fourth-order valence-corrected chi connectivity index (χ4v) is 5.63. The molecule has 194 valence electrons. The second kappa shape index (κ2) is 9.63. The van der Waals surface area contributed by atoms with E-state index in [0.29, 0.717) is 0 Å². The largest absolute Gasteiger partial charge is 0.364 e. The summed E-state index contributed by atoms with van der Waals surface area (Å²) in [4.78, 5) is 22.9. The van der Waals surface area contributed by atoms with Crippen LogP contribution < -0.4 is 10.5 Å². The van der Waals surface area contributed by atoms with E-state index < -0.39 is 0 Å². The molecule has 0 spiro atoms. The van der Waals surface area contributed by atoms with Crippen molar-refractivity contribution in [2.75, 3.05) is 18.0 Å². The first-order chi connectivity index (χ1) is 17.8. The second-order valence-electron chi connectivity index (χ2n) is 10.1. The minimum absolute atomic E-state index is 0.0679. The van der Waals surface area contributed by atoms with Gasteiger partial charge in [-0.05, 0) is 39.7 Å². The molecule has 3 atom stereocenters. The molecular formula is C27H35N9O. The summed E-state index contributed by atoms with van der Waals surface area (Å²) in [5.74, 6) is 0. The molecule has 37 heavy (non-hydrogen) atoms. The van der Waals surface area contributed by atoms with E-state index >= 15 is 0 Å². The van der Waals surface area contributed by atoms with Crippen LogP contribution in [0.1, 0.15) is 56.6 Å². The lowest BCUT2D eigenvalue weighted by molar-refractivity contribution is 0.0992. The van der Waals surface area contributed by atoms with Crippen molar-refractivity contribution in [1.29, 1.82) is 5.26 Å². The summed E-state index contributed by atoms with van der Waals surface area (Å²) in [7, 11) is 1.76. The van der Waals surface area contributed by atoms with Gasteiger partial charge in [0.15, 0.2) is 5.65 Å². The summed E-state index contributed by atoms with van der Waals surface area (Å²) in [6.45, 7) is 12.5. The Kier molecular flexibility index (Phi) is 6.50. The number of rotatable bonds is 6. The van der Waals surface area contributed by atoms with Crippen LogP contribution in [0.25, 0.3) is 16.7 Å². The minimum Gasteiger partial charge on any atom is -0.364 e. The topological polar surface area (TPSA) is 100 Å². The zero-order valence-corrected chi connectivity index (χ0v) is 22.5. The van der Waals surface area contributed by atoms with Crippen LogP contribution in [-0.2, 0) is 13.6 Å². The highest BCUT2D eigenvalue weighted by atomic mass is 16.1. The van der Waals surface area contributed by atoms with Gasteiger partial charge in [0.2, 0.25) is 0 Å². The number of anilines is 1. The smallest absolute Gasteiger partial charge is 0.252 e. The van der Waals surface area contributed by atoms with Gasteiger partial charge >= 0.3 is 0 Å². The van der Waals surface area contributed by atoms with Crippen molar-refractivity contribution in [3.63, 3.8) is 0 Å². The van der Waals surface area contributed by atoms with Crippen LogP contribution in [0.5, 0.6) is 0 Å². The van der Waals surface area contributed by atoms with E-state index in [4.69, 9.17) is 10.1 Å². The van der Waals surface area contributed by atoms with Crippen molar-refractivity contribution in [2.24, 2.45) is 7.05 Å². The molecule has 1 aliphatic heterocycles. The Hall–Kier alpha value is -3.71. The molecule has 0 radical (unpaired) electrons. The van der Waals surface area contributed by atoms with E-state index in [2.05, 4.69) is 54.7 Å². The SMILES string of the molecule is CC[C@H]1CN([C@H](C)c2ccn3nc(C)c(C)c3n2)[C@H](CC)CN1c1cc(=O)n(C)c2cn(CC#N)nc12. The maximum Gasteiger partial charge on any atom is 0.252 e. The van der Waals surface area contributed by atoms with Crippen LogP contribution in [0.3, 0.4) is 0 Å². The third-order valence-corrected chi connectivity index (χ3v) is 8.06. The van der Waals surface area contributed by atoms with Crippen molar-refractivity contribution in [3.05, 3.63) is 51.8 Å². The zero-order chi connectivity index (χ0) is 26.4. The van der Waals surface area contributed by atoms with Crippen LogP contribution >= 0.6 is 0 Å². The van der Waals surface area contributed by atoms with E-state index in [0.717, 1.165) is 65.3 Å². The Morgan fingerprint density at radius 3 is 2.62 bits per heavy atom. The standard InChI is InChI=1S/C27H35N9O/c1-7-20-15-35(23-13-25(37)32(6)24-16-33(12-10-28)31-26(23)24)21(8-2)14-34(20)19(5)22-9-11-36-27(29-22)17(3)18(4)30-36/h9,11,13,16,19-21H,7-8,12,14-15H2,1-6H3/t19-,20-,21+/m1/s1. The molecule has 4 aromatic rings. The number of hydrogen-bond donors (Lipinski definition) is 0. The molecule has 1 saturated heterocycles. The molecule has 10 nitrogen and oxygen atoms in total. The summed E-state index contributed by atoms with van der Waals surface area (Å²) in [6, 6.07) is 6.57. The fourth-order valence-electron chi connectivity index (χ4n) is 5.63. The quantitative estimate of drug-likeness (QED) is 0.399. The maximum absolute atomic E-state index is 12.9. The van der Waals surface area contributed by atoms with Gasteiger partial charge in [0, 0.05) is 56.1 Å². The van der Waals surface area contributed by atoms with Crippen molar-refractivity contribution in [3.8, 4) is 6.07 Å². The number of pyridine rings is 1. The predicted octanol–water partition coefficient (Wildman–Crippen LogP) is 3.36. The average molecular weight is 502 g/mol. The van der Waals surface area contributed by atoms with Crippen LogP contribution in [0.2, 0.25) is 0 Å². The molecule has 1 aliphatic rings. The van der Waals surface area contributed by atoms with Gasteiger partial charge in [-0.25, -0.2) is 9.50 Å². The number of hydrogen-bond acceptors (Lipinski definition) is 7. The summed E-state index contributed by atoms with van der Waals surface area (Å²) in [6.07, 6.45) is 5.71. The van der Waals surface area contributed by atoms with E-state index in [9.17, 15) is 10.1 Å². The Labute approximate surface area is 216 Å². The number of nitrogens with zero attached hydrogens (tertiary/aromatic N) is 9. The third kappa shape index (κ3) is 4.17. The molecule has 5 rings (SSSR count). The predicted molar refractivity (Wildman–Crippen MR) is 144 cm³/mol. The summed E-state index contributed by atoms with van der Waals surface area (Å²) < 4.78 is 5.09. The number of nitriles is 1. The number of aryl methyl sites for hydroxylation is 3. The minimum atomic E-state index is -0.0679. The summed E-state index contributed by atoms with van der Waals surface area (Å²) >= 11 is 0. The van der Waals surface area contributed by atoms with E-state index in [-0.39, 0.29) is 30.2 Å². The first-order valence-electron chi connectivity index (χ1n) is 13.1. The lowest BCUT2D eigenvalue weighted by Crippen LogP contribution is -2.59. The Balaban J connectivity index is 1.51. The Morgan fingerprint density at radius 1 is 1.16 bits per heavy atom. The molecule has 5 heterocycles. The van der Waals surface area contributed by atoms with Gasteiger partial charge in [-0.15, -0.1) is 0 Å².